The van der Waals surface area contributed by atoms with Crippen molar-refractivity contribution in [2.45, 2.75) is 32.9 Å². The number of carbonyl (C=O) groups excluding carboxylic acids is 2. The van der Waals surface area contributed by atoms with Gasteiger partial charge in [-0.05, 0) is 29.7 Å². The van der Waals surface area contributed by atoms with Crippen molar-refractivity contribution in [3.8, 4) is 11.4 Å². The summed E-state index contributed by atoms with van der Waals surface area (Å²) in [6.45, 7) is 3.76. The van der Waals surface area contributed by atoms with Gasteiger partial charge in [0.25, 0.3) is 0 Å². The monoisotopic (exact) mass is 365 g/mol. The van der Waals surface area contributed by atoms with Gasteiger partial charge in [-0.3, -0.25) is 4.79 Å². The second-order valence-corrected chi connectivity index (χ2v) is 6.36. The summed E-state index contributed by atoms with van der Waals surface area (Å²) in [4.78, 5) is 25.1. The predicted molar refractivity (Wildman–Crippen MR) is 91.7 cm³/mol. The minimum absolute atomic E-state index is 0.154. The average molecular weight is 366 g/mol. The van der Waals surface area contributed by atoms with E-state index in [4.69, 9.17) is 16.3 Å². The fraction of sp³-hybridized carbons (Fsp3) is 0.438. The van der Waals surface area contributed by atoms with E-state index in [0.29, 0.717) is 22.8 Å². The number of nitrogens with one attached hydrogen (secondary N) is 1. The molecule has 0 saturated carbocycles. The number of carbonyl (C=O) groups is 2. The maximum Gasteiger partial charge on any atom is 0.328 e. The lowest BCUT2D eigenvalue weighted by molar-refractivity contribution is -0.145. The van der Waals surface area contributed by atoms with Gasteiger partial charge in [0.05, 0.1) is 7.11 Å². The topological polar surface area (TPSA) is 99.0 Å². The minimum Gasteiger partial charge on any atom is -0.467 e. The molecule has 0 aliphatic rings. The van der Waals surface area contributed by atoms with Crippen molar-refractivity contribution in [1.82, 2.24) is 25.5 Å². The number of halogens is 1. The number of benzene rings is 1. The largest absolute Gasteiger partial charge is 0.467 e. The molecule has 9 heteroatoms. The van der Waals surface area contributed by atoms with Gasteiger partial charge >= 0.3 is 5.97 Å². The van der Waals surface area contributed by atoms with Crippen LogP contribution in [0.4, 0.5) is 0 Å². The third kappa shape index (κ3) is 5.53. The van der Waals surface area contributed by atoms with Crippen LogP contribution in [0.25, 0.3) is 11.4 Å². The molecule has 8 nitrogen and oxygen atoms in total. The maximum atomic E-state index is 12.2. The van der Waals surface area contributed by atoms with Gasteiger partial charge in [0, 0.05) is 10.6 Å². The Kier molecular flexibility index (Phi) is 6.46. The fourth-order valence-electron chi connectivity index (χ4n) is 2.25. The van der Waals surface area contributed by atoms with Gasteiger partial charge in [-0.2, -0.15) is 4.80 Å². The normalized spacial score (nSPS) is 12.0. The predicted octanol–water partition coefficient (Wildman–Crippen LogP) is 1.70. The van der Waals surface area contributed by atoms with Crippen LogP contribution in [-0.4, -0.2) is 45.2 Å². The zero-order valence-electron chi connectivity index (χ0n) is 14.3. The second kappa shape index (κ2) is 8.57. The summed E-state index contributed by atoms with van der Waals surface area (Å²) in [7, 11) is 1.29. The Bertz CT molecular complexity index is 747. The van der Waals surface area contributed by atoms with E-state index in [0.717, 1.165) is 4.80 Å². The van der Waals surface area contributed by atoms with Gasteiger partial charge in [-0.1, -0.05) is 37.6 Å². The Labute approximate surface area is 150 Å². The van der Waals surface area contributed by atoms with E-state index in [1.807, 2.05) is 13.8 Å². The zero-order valence-corrected chi connectivity index (χ0v) is 15.0. The van der Waals surface area contributed by atoms with Crippen LogP contribution in [0.5, 0.6) is 0 Å². The smallest absolute Gasteiger partial charge is 0.328 e. The summed E-state index contributed by atoms with van der Waals surface area (Å²) in [5.41, 5.74) is 0.700. The molecule has 1 heterocycles. The van der Waals surface area contributed by atoms with Crippen molar-refractivity contribution >= 4 is 23.5 Å². The number of hydrogen-bond donors (Lipinski definition) is 1. The van der Waals surface area contributed by atoms with Gasteiger partial charge in [0.2, 0.25) is 11.7 Å². The van der Waals surface area contributed by atoms with Crippen LogP contribution in [-0.2, 0) is 20.9 Å². The standard InChI is InChI=1S/C16H20ClN5O3/c1-10(2)7-13(16(24)25-3)18-14(23)9-22-20-15(19-21-22)11-5-4-6-12(17)8-11/h4-6,8,10,13H,7,9H2,1-3H3,(H,18,23)/t13-/m0/s1. The number of rotatable bonds is 7. The highest BCUT2D eigenvalue weighted by Gasteiger charge is 2.23. The van der Waals surface area contributed by atoms with Crippen molar-refractivity contribution in [3.63, 3.8) is 0 Å². The van der Waals surface area contributed by atoms with Gasteiger partial charge in [-0.15, -0.1) is 10.2 Å². The first-order valence-corrected chi connectivity index (χ1v) is 8.17. The number of amides is 1. The van der Waals surface area contributed by atoms with Crippen LogP contribution in [0.15, 0.2) is 24.3 Å². The first kappa shape index (κ1) is 18.9. The second-order valence-electron chi connectivity index (χ2n) is 5.93. The molecule has 1 aromatic carbocycles. The summed E-state index contributed by atoms with van der Waals surface area (Å²) < 4.78 is 4.72. The number of tetrazole rings is 1. The first-order chi connectivity index (χ1) is 11.9. The Balaban J connectivity index is 2.01. The lowest BCUT2D eigenvalue weighted by Crippen LogP contribution is -2.43. The molecule has 0 radical (unpaired) electrons. The number of esters is 1. The Morgan fingerprint density at radius 1 is 1.36 bits per heavy atom. The van der Waals surface area contributed by atoms with Gasteiger partial charge < -0.3 is 10.1 Å². The molecule has 1 aromatic heterocycles. The third-order valence-corrected chi connectivity index (χ3v) is 3.58. The van der Waals surface area contributed by atoms with Crippen molar-refractivity contribution in [3.05, 3.63) is 29.3 Å². The third-order valence-electron chi connectivity index (χ3n) is 3.35. The molecule has 0 aliphatic carbocycles. The average Bonchev–Trinajstić information content (AvgIpc) is 3.01. The van der Waals surface area contributed by atoms with E-state index in [-0.39, 0.29) is 12.5 Å². The summed E-state index contributed by atoms with van der Waals surface area (Å²) in [6.07, 6.45) is 0.483. The quantitative estimate of drug-likeness (QED) is 0.750. The SMILES string of the molecule is COC(=O)[C@H](CC(C)C)NC(=O)Cn1nnc(-c2cccc(Cl)c2)n1. The number of nitrogens with zero attached hydrogens (tertiary/aromatic N) is 4. The van der Waals surface area contributed by atoms with Crippen molar-refractivity contribution in [1.29, 1.82) is 0 Å². The highest BCUT2D eigenvalue weighted by molar-refractivity contribution is 6.30. The summed E-state index contributed by atoms with van der Waals surface area (Å²) in [5.74, 6) is -0.287. The Morgan fingerprint density at radius 2 is 2.12 bits per heavy atom. The van der Waals surface area contributed by atoms with Gasteiger partial charge in [0.15, 0.2) is 0 Å². The summed E-state index contributed by atoms with van der Waals surface area (Å²) >= 11 is 5.94. The Morgan fingerprint density at radius 3 is 2.76 bits per heavy atom. The van der Waals surface area contributed by atoms with E-state index in [9.17, 15) is 9.59 Å². The van der Waals surface area contributed by atoms with Crippen LogP contribution >= 0.6 is 11.6 Å². The molecule has 1 amide bonds. The highest BCUT2D eigenvalue weighted by atomic mass is 35.5. The Hall–Kier alpha value is -2.48. The molecule has 2 aromatic rings. The molecule has 25 heavy (non-hydrogen) atoms. The van der Waals surface area contributed by atoms with Crippen LogP contribution in [0.2, 0.25) is 5.02 Å². The molecule has 1 atom stereocenters. The van der Waals surface area contributed by atoms with Crippen LogP contribution < -0.4 is 5.32 Å². The van der Waals surface area contributed by atoms with Crippen LogP contribution in [0.3, 0.4) is 0 Å². The molecular weight excluding hydrogens is 346 g/mol. The number of ether oxygens (including phenoxy) is 1. The van der Waals surface area contributed by atoms with E-state index in [1.54, 1.807) is 24.3 Å². The molecule has 1 N–H and O–H groups in total. The molecule has 0 bridgehead atoms. The van der Waals surface area contributed by atoms with Gasteiger partial charge in [-0.25, -0.2) is 4.79 Å². The summed E-state index contributed by atoms with van der Waals surface area (Å²) in [6, 6.07) is 6.32. The molecule has 134 valence electrons. The fourth-order valence-corrected chi connectivity index (χ4v) is 2.44. The van der Waals surface area contributed by atoms with Crippen molar-refractivity contribution < 1.29 is 14.3 Å². The van der Waals surface area contributed by atoms with E-state index in [1.165, 1.54) is 7.11 Å². The van der Waals surface area contributed by atoms with E-state index in [2.05, 4.69) is 20.7 Å². The molecule has 2 rings (SSSR count). The molecule has 0 aliphatic heterocycles. The summed E-state index contributed by atoms with van der Waals surface area (Å²) in [5, 5.41) is 15.1. The van der Waals surface area contributed by atoms with Gasteiger partial charge in [0.1, 0.15) is 12.6 Å². The molecule has 0 spiro atoms. The van der Waals surface area contributed by atoms with Crippen molar-refractivity contribution in [2.24, 2.45) is 5.92 Å². The number of methoxy groups -OCH3 is 1. The molecule has 0 saturated heterocycles. The lowest BCUT2D eigenvalue weighted by Gasteiger charge is -2.17. The highest BCUT2D eigenvalue weighted by Crippen LogP contribution is 2.18. The minimum atomic E-state index is -0.701. The lowest BCUT2D eigenvalue weighted by atomic mass is 10.0. The zero-order chi connectivity index (χ0) is 18.4. The van der Waals surface area contributed by atoms with E-state index < -0.39 is 17.9 Å². The number of aromatic nitrogens is 4. The first-order valence-electron chi connectivity index (χ1n) is 7.80. The van der Waals surface area contributed by atoms with Crippen LogP contribution in [0, 0.1) is 5.92 Å². The number of hydrogen-bond acceptors (Lipinski definition) is 6. The van der Waals surface area contributed by atoms with Crippen LogP contribution in [0.1, 0.15) is 20.3 Å². The molecular formula is C16H20ClN5O3. The van der Waals surface area contributed by atoms with Crippen molar-refractivity contribution in [2.75, 3.05) is 7.11 Å². The van der Waals surface area contributed by atoms with E-state index >= 15 is 0 Å². The maximum absolute atomic E-state index is 12.2. The molecule has 0 unspecified atom stereocenters. The molecule has 0 fully saturated rings.